The second-order valence-electron chi connectivity index (χ2n) is 5.16. The molecule has 0 unspecified atom stereocenters. The molecule has 3 rings (SSSR count). The SMILES string of the molecule is CSc1ccc(C)c(C(=O)Nc2ccc(-c3noc(=O)[nH]3)cc2)c1. The van der Waals surface area contributed by atoms with E-state index in [-0.39, 0.29) is 5.91 Å². The number of aryl methyl sites for hydroxylation is 1. The molecule has 3 aromatic rings. The highest BCUT2D eigenvalue weighted by Gasteiger charge is 2.11. The highest BCUT2D eigenvalue weighted by Crippen LogP contribution is 2.21. The van der Waals surface area contributed by atoms with Gasteiger partial charge in [0.25, 0.3) is 5.91 Å². The molecular formula is C17H15N3O3S. The molecule has 0 spiro atoms. The highest BCUT2D eigenvalue weighted by atomic mass is 32.2. The Balaban J connectivity index is 1.78. The molecule has 0 aliphatic rings. The van der Waals surface area contributed by atoms with Crippen molar-refractivity contribution in [3.05, 3.63) is 64.1 Å². The largest absolute Gasteiger partial charge is 0.439 e. The van der Waals surface area contributed by atoms with Crippen LogP contribution in [-0.4, -0.2) is 22.3 Å². The van der Waals surface area contributed by atoms with E-state index >= 15 is 0 Å². The van der Waals surface area contributed by atoms with Gasteiger partial charge < -0.3 is 5.32 Å². The van der Waals surface area contributed by atoms with Crippen molar-refractivity contribution >= 4 is 23.4 Å². The van der Waals surface area contributed by atoms with E-state index in [2.05, 4.69) is 20.0 Å². The van der Waals surface area contributed by atoms with Gasteiger partial charge in [-0.25, -0.2) is 4.79 Å². The number of aromatic amines is 1. The minimum Gasteiger partial charge on any atom is -0.322 e. The lowest BCUT2D eigenvalue weighted by Gasteiger charge is -2.09. The van der Waals surface area contributed by atoms with Crippen LogP contribution in [0.3, 0.4) is 0 Å². The van der Waals surface area contributed by atoms with Crippen molar-refractivity contribution in [2.75, 3.05) is 11.6 Å². The number of carbonyl (C=O) groups excluding carboxylic acids is 1. The fourth-order valence-electron chi connectivity index (χ4n) is 2.24. The summed E-state index contributed by atoms with van der Waals surface area (Å²) in [6.45, 7) is 1.91. The van der Waals surface area contributed by atoms with E-state index in [0.29, 0.717) is 22.6 Å². The average molecular weight is 341 g/mol. The maximum absolute atomic E-state index is 12.5. The van der Waals surface area contributed by atoms with E-state index < -0.39 is 5.76 Å². The maximum atomic E-state index is 12.5. The van der Waals surface area contributed by atoms with E-state index in [9.17, 15) is 9.59 Å². The summed E-state index contributed by atoms with van der Waals surface area (Å²) in [6, 6.07) is 12.8. The minimum absolute atomic E-state index is 0.161. The molecule has 0 bridgehead atoms. The number of hydrogen-bond donors (Lipinski definition) is 2. The van der Waals surface area contributed by atoms with E-state index in [1.807, 2.05) is 31.4 Å². The van der Waals surface area contributed by atoms with Gasteiger partial charge in [-0.1, -0.05) is 11.2 Å². The van der Waals surface area contributed by atoms with Crippen LogP contribution >= 0.6 is 11.8 Å². The van der Waals surface area contributed by atoms with Crippen LogP contribution in [0.25, 0.3) is 11.4 Å². The van der Waals surface area contributed by atoms with Gasteiger partial charge in [-0.05, 0) is 55.1 Å². The Bertz CT molecular complexity index is 929. The Labute approximate surface area is 142 Å². The number of benzene rings is 2. The maximum Gasteiger partial charge on any atom is 0.439 e. The molecule has 122 valence electrons. The molecule has 0 radical (unpaired) electrons. The first-order chi connectivity index (χ1) is 11.6. The van der Waals surface area contributed by atoms with Gasteiger partial charge in [0.1, 0.15) is 0 Å². The van der Waals surface area contributed by atoms with Gasteiger partial charge in [0.2, 0.25) is 0 Å². The first kappa shape index (κ1) is 16.1. The van der Waals surface area contributed by atoms with Crippen LogP contribution in [-0.2, 0) is 0 Å². The fourth-order valence-corrected chi connectivity index (χ4v) is 2.68. The van der Waals surface area contributed by atoms with Crippen LogP contribution in [0.1, 0.15) is 15.9 Å². The topological polar surface area (TPSA) is 88.0 Å². The number of rotatable bonds is 4. The van der Waals surface area contributed by atoms with Crippen LogP contribution in [0.2, 0.25) is 0 Å². The lowest BCUT2D eigenvalue weighted by atomic mass is 10.1. The van der Waals surface area contributed by atoms with Gasteiger partial charge in [-0.2, -0.15) is 0 Å². The number of amides is 1. The molecule has 0 atom stereocenters. The number of anilines is 1. The summed E-state index contributed by atoms with van der Waals surface area (Å²) in [5.74, 6) is -0.418. The number of thioether (sulfide) groups is 1. The molecule has 0 saturated carbocycles. The van der Waals surface area contributed by atoms with Crippen LogP contribution < -0.4 is 11.1 Å². The summed E-state index contributed by atoms with van der Waals surface area (Å²) in [5.41, 5.74) is 2.91. The van der Waals surface area contributed by atoms with Crippen LogP contribution in [0.15, 0.2) is 56.7 Å². The summed E-state index contributed by atoms with van der Waals surface area (Å²) in [6.07, 6.45) is 1.97. The first-order valence-electron chi connectivity index (χ1n) is 7.19. The zero-order valence-electron chi connectivity index (χ0n) is 13.1. The number of hydrogen-bond acceptors (Lipinski definition) is 5. The predicted molar refractivity (Wildman–Crippen MR) is 93.5 cm³/mol. The lowest BCUT2D eigenvalue weighted by molar-refractivity contribution is 0.102. The molecule has 6 nitrogen and oxygen atoms in total. The van der Waals surface area contributed by atoms with E-state index in [4.69, 9.17) is 0 Å². The zero-order chi connectivity index (χ0) is 17.1. The van der Waals surface area contributed by atoms with Crippen LogP contribution in [0.5, 0.6) is 0 Å². The number of aromatic nitrogens is 2. The summed E-state index contributed by atoms with van der Waals surface area (Å²) in [7, 11) is 0. The van der Waals surface area contributed by atoms with E-state index in [1.165, 1.54) is 0 Å². The van der Waals surface area contributed by atoms with Gasteiger partial charge >= 0.3 is 5.76 Å². The number of H-pyrrole nitrogens is 1. The molecule has 1 aromatic heterocycles. The Hall–Kier alpha value is -2.80. The molecule has 7 heteroatoms. The van der Waals surface area contributed by atoms with Crippen molar-refractivity contribution < 1.29 is 9.32 Å². The van der Waals surface area contributed by atoms with Gasteiger partial charge in [0.15, 0.2) is 5.82 Å². The van der Waals surface area contributed by atoms with Gasteiger partial charge in [-0.15, -0.1) is 11.8 Å². The van der Waals surface area contributed by atoms with Crippen molar-refractivity contribution in [3.63, 3.8) is 0 Å². The monoisotopic (exact) mass is 341 g/mol. The van der Waals surface area contributed by atoms with Gasteiger partial charge in [0, 0.05) is 21.7 Å². The number of carbonyl (C=O) groups is 1. The molecule has 0 aliphatic heterocycles. The third-order valence-corrected chi connectivity index (χ3v) is 4.27. The lowest BCUT2D eigenvalue weighted by Crippen LogP contribution is -2.13. The molecular weight excluding hydrogens is 326 g/mol. The summed E-state index contributed by atoms with van der Waals surface area (Å²) >= 11 is 1.59. The standard InChI is InChI=1S/C17H15N3O3S/c1-10-3-8-13(24-2)9-14(10)16(21)18-12-6-4-11(5-7-12)15-19-17(22)23-20-15/h3-9H,1-2H3,(H,18,21)(H,19,20,22). The van der Waals surface area contributed by atoms with Crippen molar-refractivity contribution in [1.82, 2.24) is 10.1 Å². The first-order valence-corrected chi connectivity index (χ1v) is 8.42. The van der Waals surface area contributed by atoms with Crippen LogP contribution in [0.4, 0.5) is 5.69 Å². The summed E-state index contributed by atoms with van der Waals surface area (Å²) in [4.78, 5) is 27.0. The number of nitrogens with zero attached hydrogens (tertiary/aromatic N) is 1. The Morgan fingerprint density at radius 1 is 1.21 bits per heavy atom. The van der Waals surface area contributed by atoms with Crippen molar-refractivity contribution in [3.8, 4) is 11.4 Å². The third kappa shape index (κ3) is 3.41. The quantitative estimate of drug-likeness (QED) is 0.711. The molecule has 0 aliphatic carbocycles. The highest BCUT2D eigenvalue weighted by molar-refractivity contribution is 7.98. The fraction of sp³-hybridized carbons (Fsp3) is 0.118. The van der Waals surface area contributed by atoms with Crippen molar-refractivity contribution in [2.24, 2.45) is 0 Å². The molecule has 2 N–H and O–H groups in total. The predicted octanol–water partition coefficient (Wildman–Crippen LogP) is 3.31. The van der Waals surface area contributed by atoms with Gasteiger partial charge in [0.05, 0.1) is 0 Å². The third-order valence-electron chi connectivity index (χ3n) is 3.55. The summed E-state index contributed by atoms with van der Waals surface area (Å²) < 4.78 is 4.47. The second kappa shape index (κ2) is 6.76. The van der Waals surface area contributed by atoms with Crippen molar-refractivity contribution in [2.45, 2.75) is 11.8 Å². The molecule has 24 heavy (non-hydrogen) atoms. The summed E-state index contributed by atoms with van der Waals surface area (Å²) in [5, 5.41) is 6.49. The Kier molecular flexibility index (Phi) is 4.52. The molecule has 0 fully saturated rings. The Morgan fingerprint density at radius 3 is 2.58 bits per heavy atom. The molecule has 2 aromatic carbocycles. The zero-order valence-corrected chi connectivity index (χ0v) is 13.9. The van der Waals surface area contributed by atoms with Crippen LogP contribution in [0, 0.1) is 6.92 Å². The normalized spacial score (nSPS) is 10.6. The average Bonchev–Trinajstić information content (AvgIpc) is 3.02. The van der Waals surface area contributed by atoms with E-state index in [0.717, 1.165) is 10.5 Å². The minimum atomic E-state index is -0.605. The van der Waals surface area contributed by atoms with E-state index in [1.54, 1.807) is 36.0 Å². The second-order valence-corrected chi connectivity index (χ2v) is 6.04. The van der Waals surface area contributed by atoms with Gasteiger partial charge in [-0.3, -0.25) is 14.3 Å². The van der Waals surface area contributed by atoms with Crippen molar-refractivity contribution in [1.29, 1.82) is 0 Å². The number of nitrogens with one attached hydrogen (secondary N) is 2. The molecule has 1 heterocycles. The molecule has 1 amide bonds. The molecule has 0 saturated heterocycles. The Morgan fingerprint density at radius 2 is 1.96 bits per heavy atom. The smallest absolute Gasteiger partial charge is 0.322 e.